The second kappa shape index (κ2) is 57.2. The van der Waals surface area contributed by atoms with Gasteiger partial charge in [-0.2, -0.15) is 0 Å². The van der Waals surface area contributed by atoms with Gasteiger partial charge in [-0.3, -0.25) is 9.59 Å². The number of esters is 1. The summed E-state index contributed by atoms with van der Waals surface area (Å²) in [4.78, 5) is 25.0. The van der Waals surface area contributed by atoms with E-state index in [2.05, 4.69) is 67.8 Å². The number of hydrogen-bond donors (Lipinski definition) is 6. The van der Waals surface area contributed by atoms with Crippen LogP contribution < -0.4 is 5.32 Å². The van der Waals surface area contributed by atoms with Crippen LogP contribution in [0.25, 0.3) is 0 Å². The van der Waals surface area contributed by atoms with Gasteiger partial charge < -0.3 is 45.1 Å². The van der Waals surface area contributed by atoms with Gasteiger partial charge in [0.05, 0.1) is 32.0 Å². The normalized spacial score (nSPS) is 18.8. The fraction of sp³-hybridized carbons (Fsp3) is 0.824. The molecule has 0 spiro atoms. The predicted octanol–water partition coefficient (Wildman–Crippen LogP) is 16.2. The standard InChI is InChI=1S/C68H123NO10/c1-3-5-7-9-11-13-34-38-42-46-50-54-61(71)60(59-78-68-67(76)66(75)65(74)62(58-70)79-68)69-63(72)55-51-47-43-39-36-32-30-28-26-24-22-20-18-16-15-17-19-21-23-25-27-29-31-33-37-41-45-49-53-57-77-64(73)56-52-48-44-40-35-14-12-10-8-6-4-2/h10,12,15,17,21,23,34,38,50,54,60-62,65-68,70-71,74-76H,3-9,11,13-14,16,18-20,22,24-33,35-37,39-49,51-53,55-59H2,1-2H3,(H,69,72)/b12-10-,17-15-,23-21-,38-34+,54-50+. The number of carbonyl (C=O) groups excluding carboxylic acids is 2. The molecule has 460 valence electrons. The number of carbonyl (C=O) groups is 2. The van der Waals surface area contributed by atoms with Crippen LogP contribution in [0.4, 0.5) is 0 Å². The Labute approximate surface area is 484 Å². The van der Waals surface area contributed by atoms with Crippen LogP contribution in [-0.2, 0) is 23.8 Å². The summed E-state index contributed by atoms with van der Waals surface area (Å²) in [7, 11) is 0. The maximum atomic E-state index is 13.0. The first-order valence-corrected chi connectivity index (χ1v) is 33.1. The van der Waals surface area contributed by atoms with Crippen molar-refractivity contribution in [3.05, 3.63) is 60.8 Å². The molecule has 1 amide bonds. The van der Waals surface area contributed by atoms with Gasteiger partial charge in [0.2, 0.25) is 5.91 Å². The molecule has 11 heteroatoms. The van der Waals surface area contributed by atoms with Crippen molar-refractivity contribution in [3.8, 4) is 0 Å². The third-order valence-corrected chi connectivity index (χ3v) is 15.3. The Balaban J connectivity index is 2.00. The number of allylic oxidation sites excluding steroid dienone is 9. The number of amides is 1. The second-order valence-electron chi connectivity index (χ2n) is 22.8. The highest BCUT2D eigenvalue weighted by molar-refractivity contribution is 5.76. The molecule has 0 aromatic heterocycles. The van der Waals surface area contributed by atoms with E-state index in [0.717, 1.165) is 64.2 Å². The third-order valence-electron chi connectivity index (χ3n) is 15.3. The molecule has 7 atom stereocenters. The number of aliphatic hydroxyl groups excluding tert-OH is 5. The molecular weight excluding hydrogens is 991 g/mol. The van der Waals surface area contributed by atoms with E-state index in [-0.39, 0.29) is 18.5 Å². The maximum Gasteiger partial charge on any atom is 0.305 e. The molecule has 1 fully saturated rings. The first-order chi connectivity index (χ1) is 38.7. The molecule has 7 unspecified atom stereocenters. The summed E-state index contributed by atoms with van der Waals surface area (Å²) in [6.07, 6.45) is 64.9. The van der Waals surface area contributed by atoms with Crippen molar-refractivity contribution in [1.29, 1.82) is 0 Å². The van der Waals surface area contributed by atoms with E-state index >= 15 is 0 Å². The lowest BCUT2D eigenvalue weighted by molar-refractivity contribution is -0.302. The fourth-order valence-corrected chi connectivity index (χ4v) is 10.1. The zero-order chi connectivity index (χ0) is 57.3. The Bertz CT molecular complexity index is 1500. The third kappa shape index (κ3) is 46.5. The van der Waals surface area contributed by atoms with Crippen molar-refractivity contribution >= 4 is 11.9 Å². The molecule has 0 aromatic rings. The highest BCUT2D eigenvalue weighted by Gasteiger charge is 2.44. The van der Waals surface area contributed by atoms with Gasteiger partial charge in [0.15, 0.2) is 6.29 Å². The van der Waals surface area contributed by atoms with Gasteiger partial charge in [-0.1, -0.05) is 248 Å². The van der Waals surface area contributed by atoms with E-state index in [4.69, 9.17) is 14.2 Å². The largest absolute Gasteiger partial charge is 0.466 e. The van der Waals surface area contributed by atoms with Gasteiger partial charge in [-0.05, 0) is 96.3 Å². The van der Waals surface area contributed by atoms with Crippen LogP contribution in [0.1, 0.15) is 296 Å². The van der Waals surface area contributed by atoms with Gasteiger partial charge >= 0.3 is 5.97 Å². The van der Waals surface area contributed by atoms with Crippen molar-refractivity contribution in [2.75, 3.05) is 19.8 Å². The number of unbranched alkanes of at least 4 members (excludes halogenated alkanes) is 35. The number of hydrogen-bond acceptors (Lipinski definition) is 10. The molecule has 1 heterocycles. The molecule has 11 nitrogen and oxygen atoms in total. The second-order valence-corrected chi connectivity index (χ2v) is 22.8. The van der Waals surface area contributed by atoms with Crippen LogP contribution in [0.3, 0.4) is 0 Å². The minimum atomic E-state index is -1.58. The van der Waals surface area contributed by atoms with E-state index < -0.39 is 49.5 Å². The Hall–Kier alpha value is -2.64. The summed E-state index contributed by atoms with van der Waals surface area (Å²) < 4.78 is 16.7. The monoisotopic (exact) mass is 1110 g/mol. The fourth-order valence-electron chi connectivity index (χ4n) is 10.1. The van der Waals surface area contributed by atoms with Crippen LogP contribution >= 0.6 is 0 Å². The summed E-state index contributed by atoms with van der Waals surface area (Å²) in [5.41, 5.74) is 0. The number of rotatable bonds is 57. The lowest BCUT2D eigenvalue weighted by Crippen LogP contribution is -2.60. The maximum absolute atomic E-state index is 13.0. The molecule has 6 N–H and O–H groups in total. The minimum absolute atomic E-state index is 0.00865. The number of ether oxygens (including phenoxy) is 3. The Morgan fingerprint density at radius 1 is 0.468 bits per heavy atom. The first kappa shape index (κ1) is 74.4. The summed E-state index contributed by atoms with van der Waals surface area (Å²) in [6.45, 7) is 4.27. The molecule has 1 aliphatic heterocycles. The SMILES string of the molecule is CCCC/C=C\CCCCCCCC(=O)OCCCCCCCCCCC/C=C\C/C=C\CCCCCCCCCCCCCCCC(=O)NC(COC1OC(CO)C(O)C(O)C1O)C(O)/C=C/CC/C=C/CCCCCCC. The highest BCUT2D eigenvalue weighted by atomic mass is 16.7. The van der Waals surface area contributed by atoms with Crippen LogP contribution in [0.5, 0.6) is 0 Å². The van der Waals surface area contributed by atoms with Gasteiger partial charge in [-0.25, -0.2) is 0 Å². The van der Waals surface area contributed by atoms with Crippen LogP contribution in [0.15, 0.2) is 60.8 Å². The van der Waals surface area contributed by atoms with E-state index in [1.54, 1.807) is 6.08 Å². The lowest BCUT2D eigenvalue weighted by Gasteiger charge is -2.40. The van der Waals surface area contributed by atoms with Crippen LogP contribution in [0, 0.1) is 0 Å². The smallest absolute Gasteiger partial charge is 0.305 e. The summed E-state index contributed by atoms with van der Waals surface area (Å²) in [6, 6.07) is -0.829. The molecule has 0 saturated carbocycles. The quantitative estimate of drug-likeness (QED) is 0.0195. The zero-order valence-electron chi connectivity index (χ0n) is 50.8. The minimum Gasteiger partial charge on any atom is -0.466 e. The molecule has 0 aliphatic carbocycles. The van der Waals surface area contributed by atoms with Crippen molar-refractivity contribution in [1.82, 2.24) is 5.32 Å². The van der Waals surface area contributed by atoms with E-state index in [1.807, 2.05) is 6.08 Å². The Morgan fingerprint density at radius 2 is 0.873 bits per heavy atom. The summed E-state index contributed by atoms with van der Waals surface area (Å²) >= 11 is 0. The summed E-state index contributed by atoms with van der Waals surface area (Å²) in [5, 5.41) is 54.3. The van der Waals surface area contributed by atoms with Crippen molar-refractivity contribution < 1.29 is 49.3 Å². The Morgan fingerprint density at radius 3 is 1.37 bits per heavy atom. The van der Waals surface area contributed by atoms with E-state index in [9.17, 15) is 35.1 Å². The molecule has 1 saturated heterocycles. The lowest BCUT2D eigenvalue weighted by atomic mass is 9.99. The molecule has 0 aromatic carbocycles. The predicted molar refractivity (Wildman–Crippen MR) is 329 cm³/mol. The topological polar surface area (TPSA) is 175 Å². The van der Waals surface area contributed by atoms with E-state index in [1.165, 1.54) is 205 Å². The average Bonchev–Trinajstić information content (AvgIpc) is 3.46. The van der Waals surface area contributed by atoms with Crippen LogP contribution in [-0.4, -0.2) is 100 Å². The first-order valence-electron chi connectivity index (χ1n) is 33.1. The van der Waals surface area contributed by atoms with Crippen LogP contribution in [0.2, 0.25) is 0 Å². The van der Waals surface area contributed by atoms with Gasteiger partial charge in [-0.15, -0.1) is 0 Å². The van der Waals surface area contributed by atoms with Gasteiger partial charge in [0.1, 0.15) is 24.4 Å². The van der Waals surface area contributed by atoms with Crippen molar-refractivity contribution in [2.24, 2.45) is 0 Å². The molecule has 79 heavy (non-hydrogen) atoms. The Kier molecular flexibility index (Phi) is 53.8. The average molecular weight is 1110 g/mol. The number of aliphatic hydroxyl groups is 5. The molecule has 0 bridgehead atoms. The van der Waals surface area contributed by atoms with Gasteiger partial charge in [0, 0.05) is 12.8 Å². The summed E-state index contributed by atoms with van der Waals surface area (Å²) in [5.74, 6) is -0.203. The zero-order valence-corrected chi connectivity index (χ0v) is 50.8. The van der Waals surface area contributed by atoms with Crippen molar-refractivity contribution in [3.63, 3.8) is 0 Å². The van der Waals surface area contributed by atoms with Gasteiger partial charge in [0.25, 0.3) is 0 Å². The molecule has 1 rings (SSSR count). The number of nitrogens with one attached hydrogen (secondary N) is 1. The van der Waals surface area contributed by atoms with E-state index in [0.29, 0.717) is 19.4 Å². The molecular formula is C68H123NO10. The van der Waals surface area contributed by atoms with Crippen molar-refractivity contribution in [2.45, 2.75) is 339 Å². The molecule has 1 aliphatic rings. The highest BCUT2D eigenvalue weighted by Crippen LogP contribution is 2.23. The molecule has 0 radical (unpaired) electrons.